The maximum Gasteiger partial charge on any atom is 0.371 e. The number of carbonyl (C=O) groups excluding carboxylic acids is 1. The van der Waals surface area contributed by atoms with E-state index in [1.165, 1.54) is 36.4 Å². The molecule has 0 aliphatic heterocycles. The summed E-state index contributed by atoms with van der Waals surface area (Å²) in [6.07, 6.45) is 0. The molecule has 1 aromatic carbocycles. The Bertz CT molecular complexity index is 794. The minimum absolute atomic E-state index is 0.0847. The van der Waals surface area contributed by atoms with Gasteiger partial charge in [-0.25, -0.2) is 9.59 Å². The minimum atomic E-state index is -1.58. The van der Waals surface area contributed by atoms with E-state index in [1.807, 2.05) is 0 Å². The average Bonchev–Trinajstić information content (AvgIpc) is 2.96. The fourth-order valence-electron chi connectivity index (χ4n) is 1.82. The number of aromatic carboxylic acids is 2. The summed E-state index contributed by atoms with van der Waals surface area (Å²) >= 11 is 0. The normalized spacial score (nSPS) is 11.7. The van der Waals surface area contributed by atoms with Crippen molar-refractivity contribution in [2.24, 2.45) is 0 Å². The van der Waals surface area contributed by atoms with Crippen LogP contribution in [0, 0.1) is 0 Å². The topological polar surface area (TPSA) is 134 Å². The molecule has 1 atom stereocenters. The summed E-state index contributed by atoms with van der Waals surface area (Å²) in [5.74, 6) is -3.25. The highest BCUT2D eigenvalue weighted by atomic mass is 32.2. The zero-order valence-electron chi connectivity index (χ0n) is 12.2. The van der Waals surface area contributed by atoms with Gasteiger partial charge in [0.15, 0.2) is 0 Å². The lowest BCUT2D eigenvalue weighted by atomic mass is 10.2. The third-order valence-electron chi connectivity index (χ3n) is 2.88. The molecule has 0 saturated carbocycles. The van der Waals surface area contributed by atoms with Gasteiger partial charge >= 0.3 is 11.9 Å². The van der Waals surface area contributed by atoms with E-state index in [-0.39, 0.29) is 28.6 Å². The Balaban J connectivity index is 1.87. The van der Waals surface area contributed by atoms with Crippen LogP contribution in [0.15, 0.2) is 40.8 Å². The van der Waals surface area contributed by atoms with Gasteiger partial charge in [-0.05, 0) is 36.4 Å². The predicted molar refractivity (Wildman–Crippen MR) is 84.4 cm³/mol. The van der Waals surface area contributed by atoms with Crippen LogP contribution in [0.3, 0.4) is 0 Å². The molecule has 0 fully saturated rings. The van der Waals surface area contributed by atoms with Crippen LogP contribution in [0.1, 0.15) is 26.7 Å². The summed E-state index contributed by atoms with van der Waals surface area (Å²) in [7, 11) is -1.58. The molecule has 0 radical (unpaired) electrons. The first-order chi connectivity index (χ1) is 11.3. The van der Waals surface area contributed by atoms with Gasteiger partial charge < -0.3 is 19.9 Å². The van der Waals surface area contributed by atoms with Crippen molar-refractivity contribution in [3.8, 4) is 0 Å². The number of hydrogen-bond acceptors (Lipinski definition) is 5. The van der Waals surface area contributed by atoms with Crippen LogP contribution in [0.5, 0.6) is 0 Å². The van der Waals surface area contributed by atoms with Crippen LogP contribution in [0.25, 0.3) is 0 Å². The molecule has 0 aliphatic rings. The second-order valence-electron chi connectivity index (χ2n) is 4.73. The van der Waals surface area contributed by atoms with Crippen molar-refractivity contribution in [2.45, 2.75) is 5.75 Å². The van der Waals surface area contributed by atoms with Gasteiger partial charge in [0, 0.05) is 16.5 Å². The van der Waals surface area contributed by atoms with E-state index >= 15 is 0 Å². The lowest BCUT2D eigenvalue weighted by molar-refractivity contribution is -0.113. The maximum atomic E-state index is 11.9. The number of anilines is 1. The fourth-order valence-corrected chi connectivity index (χ4v) is 2.76. The van der Waals surface area contributed by atoms with Crippen molar-refractivity contribution in [1.82, 2.24) is 0 Å². The van der Waals surface area contributed by atoms with Gasteiger partial charge in [-0.3, -0.25) is 9.00 Å². The smallest absolute Gasteiger partial charge is 0.371 e. The lowest BCUT2D eigenvalue weighted by Crippen LogP contribution is -2.20. The van der Waals surface area contributed by atoms with Crippen molar-refractivity contribution in [3.63, 3.8) is 0 Å². The zero-order chi connectivity index (χ0) is 17.7. The van der Waals surface area contributed by atoms with E-state index in [1.54, 1.807) is 0 Å². The molecule has 1 unspecified atom stereocenters. The van der Waals surface area contributed by atoms with Crippen LogP contribution in [-0.2, 0) is 21.3 Å². The van der Waals surface area contributed by atoms with E-state index in [4.69, 9.17) is 14.6 Å². The van der Waals surface area contributed by atoms with Crippen LogP contribution in [0.4, 0.5) is 5.69 Å². The summed E-state index contributed by atoms with van der Waals surface area (Å²) < 4.78 is 16.9. The van der Waals surface area contributed by atoms with Crippen LogP contribution in [0.2, 0.25) is 0 Å². The molecule has 8 nitrogen and oxygen atoms in total. The van der Waals surface area contributed by atoms with Gasteiger partial charge in [-0.2, -0.15) is 0 Å². The standard InChI is InChI=1S/C15H13NO7S/c17-13(16-10-3-1-9(2-4-10)14(18)19)8-24(22)7-11-5-6-12(23-11)15(20)21/h1-6H,7-8H2,(H,16,17)(H,18,19)(H,20,21). The number of amides is 1. The van der Waals surface area contributed by atoms with Gasteiger partial charge in [0.1, 0.15) is 11.5 Å². The van der Waals surface area contributed by atoms with Crippen molar-refractivity contribution >= 4 is 34.3 Å². The molecule has 0 aliphatic carbocycles. The van der Waals surface area contributed by atoms with Crippen molar-refractivity contribution in [3.05, 3.63) is 53.5 Å². The van der Waals surface area contributed by atoms with Gasteiger partial charge in [0.25, 0.3) is 0 Å². The molecule has 0 bridgehead atoms. The number of carbonyl (C=O) groups is 3. The second-order valence-corrected chi connectivity index (χ2v) is 6.19. The van der Waals surface area contributed by atoms with E-state index < -0.39 is 28.6 Å². The van der Waals surface area contributed by atoms with Gasteiger partial charge in [0.05, 0.1) is 11.3 Å². The largest absolute Gasteiger partial charge is 0.478 e. The third-order valence-corrected chi connectivity index (χ3v) is 4.07. The third kappa shape index (κ3) is 4.78. The Labute approximate surface area is 138 Å². The SMILES string of the molecule is O=C(CS(=O)Cc1ccc(C(=O)O)o1)Nc1ccc(C(=O)O)cc1. The number of rotatable bonds is 7. The minimum Gasteiger partial charge on any atom is -0.478 e. The first-order valence-corrected chi connectivity index (χ1v) is 8.14. The van der Waals surface area contributed by atoms with E-state index in [2.05, 4.69) is 5.32 Å². The Hall–Kier alpha value is -2.94. The summed E-state index contributed by atoms with van der Waals surface area (Å²) in [6, 6.07) is 8.17. The first-order valence-electron chi connectivity index (χ1n) is 6.65. The number of carboxylic acid groups (broad SMARTS) is 2. The highest BCUT2D eigenvalue weighted by molar-refractivity contribution is 7.84. The number of hydrogen-bond donors (Lipinski definition) is 3. The lowest BCUT2D eigenvalue weighted by Gasteiger charge is -2.05. The number of carboxylic acids is 2. The monoisotopic (exact) mass is 351 g/mol. The Morgan fingerprint density at radius 3 is 2.21 bits per heavy atom. The summed E-state index contributed by atoms with van der Waals surface area (Å²) in [6.45, 7) is 0. The number of nitrogens with one attached hydrogen (secondary N) is 1. The number of furan rings is 1. The molecular weight excluding hydrogens is 338 g/mol. The summed E-state index contributed by atoms with van der Waals surface area (Å²) in [5.41, 5.74) is 0.469. The van der Waals surface area contributed by atoms with Crippen molar-refractivity contribution in [2.75, 3.05) is 11.1 Å². The first kappa shape index (κ1) is 17.4. The van der Waals surface area contributed by atoms with Crippen molar-refractivity contribution in [1.29, 1.82) is 0 Å². The second kappa shape index (κ2) is 7.55. The molecule has 2 aromatic rings. The summed E-state index contributed by atoms with van der Waals surface area (Å²) in [5, 5.41) is 20.0. The highest BCUT2D eigenvalue weighted by Crippen LogP contribution is 2.12. The highest BCUT2D eigenvalue weighted by Gasteiger charge is 2.14. The molecule has 1 heterocycles. The molecule has 0 spiro atoms. The quantitative estimate of drug-likeness (QED) is 0.689. The molecular formula is C15H13NO7S. The molecule has 2 rings (SSSR count). The molecule has 24 heavy (non-hydrogen) atoms. The fraction of sp³-hybridized carbons (Fsp3) is 0.133. The van der Waals surface area contributed by atoms with Crippen LogP contribution in [-0.4, -0.2) is 38.0 Å². The van der Waals surface area contributed by atoms with E-state index in [0.29, 0.717) is 5.69 Å². The molecule has 1 amide bonds. The molecule has 0 saturated heterocycles. The van der Waals surface area contributed by atoms with Crippen molar-refractivity contribution < 1.29 is 33.2 Å². The Kier molecular flexibility index (Phi) is 5.48. The Morgan fingerprint density at radius 2 is 1.67 bits per heavy atom. The maximum absolute atomic E-state index is 11.9. The van der Waals surface area contributed by atoms with Crippen LogP contribution < -0.4 is 5.32 Å². The molecule has 126 valence electrons. The van der Waals surface area contributed by atoms with Gasteiger partial charge in [-0.1, -0.05) is 0 Å². The van der Waals surface area contributed by atoms with Gasteiger partial charge in [-0.15, -0.1) is 0 Å². The average molecular weight is 351 g/mol. The predicted octanol–water partition coefficient (Wildman–Crippen LogP) is 1.56. The molecule has 1 aromatic heterocycles. The zero-order valence-corrected chi connectivity index (χ0v) is 13.0. The van der Waals surface area contributed by atoms with E-state index in [0.717, 1.165) is 0 Å². The van der Waals surface area contributed by atoms with E-state index in [9.17, 15) is 18.6 Å². The van der Waals surface area contributed by atoms with Crippen LogP contribution >= 0.6 is 0 Å². The Morgan fingerprint density at radius 1 is 1.00 bits per heavy atom. The molecule has 9 heteroatoms. The molecule has 3 N–H and O–H groups in total. The summed E-state index contributed by atoms with van der Waals surface area (Å²) in [4.78, 5) is 33.2. The number of benzene rings is 1. The van der Waals surface area contributed by atoms with Gasteiger partial charge in [0.2, 0.25) is 11.7 Å².